The Morgan fingerprint density at radius 1 is 1.14 bits per heavy atom. The van der Waals surface area contributed by atoms with Crippen molar-refractivity contribution < 1.29 is 14.3 Å². The minimum atomic E-state index is -0.145. The molecule has 1 aliphatic rings. The molecule has 2 heterocycles. The Kier molecular flexibility index (Phi) is 7.08. The predicted octanol–water partition coefficient (Wildman–Crippen LogP) is 2.86. The van der Waals surface area contributed by atoms with Gasteiger partial charge in [0.1, 0.15) is 0 Å². The van der Waals surface area contributed by atoms with Gasteiger partial charge in [-0.1, -0.05) is 42.1 Å². The Hall–Kier alpha value is -2.35. The van der Waals surface area contributed by atoms with Crippen LogP contribution in [0.3, 0.4) is 0 Å². The van der Waals surface area contributed by atoms with Gasteiger partial charge in [0.15, 0.2) is 11.0 Å². The summed E-state index contributed by atoms with van der Waals surface area (Å²) in [5, 5.41) is 9.34. The van der Waals surface area contributed by atoms with Crippen LogP contribution < -0.4 is 0 Å². The van der Waals surface area contributed by atoms with Crippen molar-refractivity contribution in [2.45, 2.75) is 38.4 Å². The van der Waals surface area contributed by atoms with Crippen molar-refractivity contribution >= 4 is 23.6 Å². The van der Waals surface area contributed by atoms with Crippen LogP contribution in [0.1, 0.15) is 26.7 Å². The molecule has 1 aromatic carbocycles. The van der Waals surface area contributed by atoms with E-state index in [4.69, 9.17) is 4.74 Å². The van der Waals surface area contributed by atoms with Crippen molar-refractivity contribution in [2.75, 3.05) is 25.4 Å². The van der Waals surface area contributed by atoms with E-state index in [9.17, 15) is 9.59 Å². The maximum atomic E-state index is 12.6. The summed E-state index contributed by atoms with van der Waals surface area (Å²) >= 11 is 1.41. The molecule has 2 aromatic rings. The molecule has 8 heteroatoms. The highest BCUT2D eigenvalue weighted by molar-refractivity contribution is 7.99. The summed E-state index contributed by atoms with van der Waals surface area (Å²) in [5.41, 5.74) is 1.01. The molecule has 0 radical (unpaired) electrons. The zero-order chi connectivity index (χ0) is 19.9. The van der Waals surface area contributed by atoms with Gasteiger partial charge in [-0.25, -0.2) is 0 Å². The standard InChI is InChI=1S/C20H26N4O3S/c1-3-24-18(15-8-6-5-7-9-15)21-22-20(24)28-14-17(25)23-12-10-16(11-13-23)19(26)27-4-2/h5-9,16H,3-4,10-14H2,1-2H3. The van der Waals surface area contributed by atoms with Gasteiger partial charge < -0.3 is 14.2 Å². The topological polar surface area (TPSA) is 77.3 Å². The molecule has 0 saturated carbocycles. The van der Waals surface area contributed by atoms with Gasteiger partial charge in [0.25, 0.3) is 0 Å². The van der Waals surface area contributed by atoms with Gasteiger partial charge >= 0.3 is 5.97 Å². The highest BCUT2D eigenvalue weighted by Gasteiger charge is 2.28. The predicted molar refractivity (Wildman–Crippen MR) is 108 cm³/mol. The van der Waals surface area contributed by atoms with Crippen molar-refractivity contribution in [3.63, 3.8) is 0 Å². The Balaban J connectivity index is 1.56. The van der Waals surface area contributed by atoms with E-state index in [1.54, 1.807) is 0 Å². The minimum Gasteiger partial charge on any atom is -0.466 e. The van der Waals surface area contributed by atoms with Crippen molar-refractivity contribution in [1.29, 1.82) is 0 Å². The van der Waals surface area contributed by atoms with E-state index in [0.29, 0.717) is 38.3 Å². The summed E-state index contributed by atoms with van der Waals surface area (Å²) in [6.45, 7) is 6.18. The van der Waals surface area contributed by atoms with Gasteiger partial charge in [-0.2, -0.15) is 0 Å². The SMILES string of the molecule is CCOC(=O)C1CCN(C(=O)CSc2nnc(-c3ccccc3)n2CC)CC1. The molecule has 28 heavy (non-hydrogen) atoms. The van der Waals surface area contributed by atoms with Gasteiger partial charge in [0.2, 0.25) is 5.91 Å². The summed E-state index contributed by atoms with van der Waals surface area (Å²) in [6, 6.07) is 9.92. The first kappa shape index (κ1) is 20.4. The van der Waals surface area contributed by atoms with Crippen LogP contribution in [0.15, 0.2) is 35.5 Å². The zero-order valence-corrected chi connectivity index (χ0v) is 17.2. The molecule has 3 rings (SSSR count). The summed E-state index contributed by atoms with van der Waals surface area (Å²) in [4.78, 5) is 26.2. The molecule has 0 bridgehead atoms. The van der Waals surface area contributed by atoms with Crippen molar-refractivity contribution in [3.05, 3.63) is 30.3 Å². The fraction of sp³-hybridized carbons (Fsp3) is 0.500. The molecule has 0 unspecified atom stereocenters. The normalized spacial score (nSPS) is 14.9. The quantitative estimate of drug-likeness (QED) is 0.524. The molecule has 0 atom stereocenters. The smallest absolute Gasteiger partial charge is 0.309 e. The van der Waals surface area contributed by atoms with Crippen LogP contribution >= 0.6 is 11.8 Å². The minimum absolute atomic E-state index is 0.0687. The molecule has 0 aliphatic carbocycles. The van der Waals surface area contributed by atoms with E-state index >= 15 is 0 Å². The summed E-state index contributed by atoms with van der Waals surface area (Å²) in [7, 11) is 0. The first-order valence-electron chi connectivity index (χ1n) is 9.69. The Morgan fingerprint density at radius 2 is 1.86 bits per heavy atom. The molecule has 1 aliphatic heterocycles. The van der Waals surface area contributed by atoms with Gasteiger partial charge in [0.05, 0.1) is 18.3 Å². The molecular formula is C20H26N4O3S. The van der Waals surface area contributed by atoms with Crippen LogP contribution in [0.4, 0.5) is 0 Å². The number of nitrogens with zero attached hydrogens (tertiary/aromatic N) is 4. The van der Waals surface area contributed by atoms with E-state index in [0.717, 1.165) is 23.1 Å². The lowest BCUT2D eigenvalue weighted by Crippen LogP contribution is -2.41. The first-order valence-corrected chi connectivity index (χ1v) is 10.7. The fourth-order valence-corrected chi connectivity index (χ4v) is 4.23. The number of ether oxygens (including phenoxy) is 1. The molecule has 1 saturated heterocycles. The number of amides is 1. The third-order valence-corrected chi connectivity index (χ3v) is 5.81. The number of hydrogen-bond donors (Lipinski definition) is 0. The number of carbonyl (C=O) groups excluding carboxylic acids is 2. The van der Waals surface area contributed by atoms with Crippen LogP contribution in [0.5, 0.6) is 0 Å². The molecule has 0 N–H and O–H groups in total. The number of rotatable bonds is 7. The van der Waals surface area contributed by atoms with E-state index in [2.05, 4.69) is 10.2 Å². The highest BCUT2D eigenvalue weighted by atomic mass is 32.2. The van der Waals surface area contributed by atoms with Crippen LogP contribution in [-0.2, 0) is 20.9 Å². The van der Waals surface area contributed by atoms with Gasteiger partial charge in [0, 0.05) is 25.2 Å². The number of likely N-dealkylation sites (tertiary alicyclic amines) is 1. The highest BCUT2D eigenvalue weighted by Crippen LogP contribution is 2.25. The third-order valence-electron chi connectivity index (χ3n) is 4.86. The molecule has 1 amide bonds. The lowest BCUT2D eigenvalue weighted by atomic mass is 9.97. The molecule has 0 spiro atoms. The lowest BCUT2D eigenvalue weighted by Gasteiger charge is -2.30. The molecule has 1 fully saturated rings. The maximum absolute atomic E-state index is 12.6. The number of hydrogen-bond acceptors (Lipinski definition) is 6. The van der Waals surface area contributed by atoms with Gasteiger partial charge in [-0.3, -0.25) is 9.59 Å². The largest absolute Gasteiger partial charge is 0.466 e. The second-order valence-electron chi connectivity index (χ2n) is 6.61. The number of carbonyl (C=O) groups is 2. The number of benzene rings is 1. The fourth-order valence-electron chi connectivity index (χ4n) is 3.32. The Morgan fingerprint density at radius 3 is 2.50 bits per heavy atom. The maximum Gasteiger partial charge on any atom is 0.309 e. The van der Waals surface area contributed by atoms with Crippen molar-refractivity contribution in [3.8, 4) is 11.4 Å². The summed E-state index contributed by atoms with van der Waals surface area (Å²) in [6.07, 6.45) is 1.33. The molecule has 150 valence electrons. The molecule has 7 nitrogen and oxygen atoms in total. The Bertz CT molecular complexity index is 801. The molecular weight excluding hydrogens is 376 g/mol. The van der Waals surface area contributed by atoms with E-state index in [-0.39, 0.29) is 17.8 Å². The average Bonchev–Trinajstić information content (AvgIpc) is 3.16. The number of thioether (sulfide) groups is 1. The van der Waals surface area contributed by atoms with Crippen LogP contribution in [0.2, 0.25) is 0 Å². The van der Waals surface area contributed by atoms with E-state index in [1.165, 1.54) is 11.8 Å². The van der Waals surface area contributed by atoms with Crippen LogP contribution in [-0.4, -0.2) is 57.0 Å². The van der Waals surface area contributed by atoms with E-state index < -0.39 is 0 Å². The summed E-state index contributed by atoms with van der Waals surface area (Å²) < 4.78 is 7.11. The van der Waals surface area contributed by atoms with Crippen molar-refractivity contribution in [2.24, 2.45) is 5.92 Å². The first-order chi connectivity index (χ1) is 13.6. The van der Waals surface area contributed by atoms with E-state index in [1.807, 2.05) is 53.6 Å². The second-order valence-corrected chi connectivity index (χ2v) is 7.55. The van der Waals surface area contributed by atoms with Gasteiger partial charge in [-0.15, -0.1) is 10.2 Å². The second kappa shape index (κ2) is 9.73. The van der Waals surface area contributed by atoms with Crippen molar-refractivity contribution in [1.82, 2.24) is 19.7 Å². The monoisotopic (exact) mass is 402 g/mol. The number of esters is 1. The lowest BCUT2D eigenvalue weighted by molar-refractivity contribution is -0.151. The average molecular weight is 403 g/mol. The number of aromatic nitrogens is 3. The molecule has 1 aromatic heterocycles. The van der Waals surface area contributed by atoms with Gasteiger partial charge in [-0.05, 0) is 26.7 Å². The third kappa shape index (κ3) is 4.73. The summed E-state index contributed by atoms with van der Waals surface area (Å²) in [5.74, 6) is 0.964. The number of piperidine rings is 1. The van der Waals surface area contributed by atoms with Crippen LogP contribution in [0, 0.1) is 5.92 Å². The zero-order valence-electron chi connectivity index (χ0n) is 16.3. The van der Waals surface area contributed by atoms with Crippen LogP contribution in [0.25, 0.3) is 11.4 Å². The Labute approximate surface area is 169 Å².